The Bertz CT molecular complexity index is 1340. The van der Waals surface area contributed by atoms with Crippen LogP contribution >= 0.6 is 0 Å². The van der Waals surface area contributed by atoms with Crippen LogP contribution in [0.15, 0.2) is 79.0 Å². The number of anilines is 1. The molecule has 0 spiro atoms. The Kier molecular flexibility index (Phi) is 11.6. The van der Waals surface area contributed by atoms with Gasteiger partial charge in [0.05, 0.1) is 12.5 Å². The van der Waals surface area contributed by atoms with E-state index in [9.17, 15) is 32.3 Å². The highest BCUT2D eigenvalue weighted by atomic mass is 19.4. The van der Waals surface area contributed by atoms with E-state index in [1.807, 2.05) is 36.4 Å². The second-order valence-corrected chi connectivity index (χ2v) is 9.29. The van der Waals surface area contributed by atoms with Gasteiger partial charge in [0.15, 0.2) is 0 Å². The predicted octanol–water partition coefficient (Wildman–Crippen LogP) is 4.72. The minimum Gasteiger partial charge on any atom is -0.386 e. The second-order valence-electron chi connectivity index (χ2n) is 9.29. The van der Waals surface area contributed by atoms with Crippen LogP contribution in [0.4, 0.5) is 19.0 Å². The first-order valence-electron chi connectivity index (χ1n) is 13.3. The number of pyridine rings is 1. The number of halogens is 3. The van der Waals surface area contributed by atoms with Crippen molar-refractivity contribution in [3.05, 3.63) is 84.6 Å². The van der Waals surface area contributed by atoms with Crippen molar-refractivity contribution in [1.29, 1.82) is 0 Å². The van der Waals surface area contributed by atoms with Gasteiger partial charge < -0.3 is 20.7 Å². The number of nitrogens with one attached hydrogen (secondary N) is 3. The number of rotatable bonds is 13. The Morgan fingerprint density at radius 1 is 0.881 bits per heavy atom. The first-order valence-corrected chi connectivity index (χ1v) is 13.3. The zero-order valence-electron chi connectivity index (χ0n) is 22.8. The standard InChI is InChI=1S/C30H31F3N4O5/c1-2-23(36-26(38)12-8-18-35-25-11-6-7-17-34-25)28(40)37-24(19-27(39)42-29(41)30(31,32)33)22-15-13-21(14-16-22)20-9-4-3-5-10-20/h3-7,9-11,13-17,23-24H,2,8,12,18-19H2,1H3,(H,34,35)(H,36,38)(H,37,40)/t23-,24?/m0/s1. The fourth-order valence-electron chi connectivity index (χ4n) is 3.98. The molecule has 3 aromatic rings. The average Bonchev–Trinajstić information content (AvgIpc) is 2.98. The molecule has 2 amide bonds. The monoisotopic (exact) mass is 584 g/mol. The van der Waals surface area contributed by atoms with Gasteiger partial charge in [-0.3, -0.25) is 14.4 Å². The predicted molar refractivity (Wildman–Crippen MR) is 149 cm³/mol. The average molecular weight is 585 g/mol. The lowest BCUT2D eigenvalue weighted by Gasteiger charge is -2.23. The number of amides is 2. The third-order valence-corrected chi connectivity index (χ3v) is 6.16. The zero-order valence-corrected chi connectivity index (χ0v) is 22.8. The number of alkyl halides is 3. The number of ether oxygens (including phenoxy) is 1. The number of hydrogen-bond acceptors (Lipinski definition) is 7. The van der Waals surface area contributed by atoms with Gasteiger partial charge >= 0.3 is 18.1 Å². The number of carbonyl (C=O) groups is 4. The first kappa shape index (κ1) is 31.8. The summed E-state index contributed by atoms with van der Waals surface area (Å²) < 4.78 is 41.8. The first-order chi connectivity index (χ1) is 20.1. The molecule has 2 atom stereocenters. The second kappa shape index (κ2) is 15.3. The van der Waals surface area contributed by atoms with Crippen molar-refractivity contribution in [3.8, 4) is 11.1 Å². The van der Waals surface area contributed by atoms with Gasteiger partial charge in [-0.2, -0.15) is 13.2 Å². The molecule has 0 saturated heterocycles. The Morgan fingerprint density at radius 3 is 2.17 bits per heavy atom. The van der Waals surface area contributed by atoms with Crippen LogP contribution in [0, 0.1) is 0 Å². The number of esters is 2. The molecule has 2 aromatic carbocycles. The molecule has 9 nitrogen and oxygen atoms in total. The molecule has 1 unspecified atom stereocenters. The highest BCUT2D eigenvalue weighted by molar-refractivity contribution is 5.90. The summed E-state index contributed by atoms with van der Waals surface area (Å²) in [6.45, 7) is 2.15. The van der Waals surface area contributed by atoms with E-state index in [1.54, 1.807) is 49.5 Å². The molecule has 1 heterocycles. The summed E-state index contributed by atoms with van der Waals surface area (Å²) in [7, 11) is 0. The molecular weight excluding hydrogens is 553 g/mol. The molecule has 222 valence electrons. The van der Waals surface area contributed by atoms with E-state index in [2.05, 4.69) is 25.7 Å². The molecule has 12 heteroatoms. The summed E-state index contributed by atoms with van der Waals surface area (Å²) in [6, 6.07) is 19.3. The topological polar surface area (TPSA) is 126 Å². The lowest BCUT2D eigenvalue weighted by atomic mass is 9.98. The maximum Gasteiger partial charge on any atom is 0.491 e. The van der Waals surface area contributed by atoms with Crippen LogP contribution in [0.3, 0.4) is 0 Å². The summed E-state index contributed by atoms with van der Waals surface area (Å²) in [5.41, 5.74) is 2.13. The highest BCUT2D eigenvalue weighted by Gasteiger charge is 2.42. The lowest BCUT2D eigenvalue weighted by molar-refractivity contribution is -0.202. The van der Waals surface area contributed by atoms with Crippen molar-refractivity contribution in [1.82, 2.24) is 15.6 Å². The molecule has 0 fully saturated rings. The van der Waals surface area contributed by atoms with E-state index < -0.39 is 42.5 Å². The van der Waals surface area contributed by atoms with Crippen LogP contribution in [-0.2, 0) is 23.9 Å². The van der Waals surface area contributed by atoms with E-state index in [4.69, 9.17) is 0 Å². The van der Waals surface area contributed by atoms with Gasteiger partial charge in [-0.25, -0.2) is 9.78 Å². The van der Waals surface area contributed by atoms with Crippen molar-refractivity contribution < 1.29 is 37.1 Å². The minimum atomic E-state index is -5.35. The van der Waals surface area contributed by atoms with Crippen molar-refractivity contribution in [3.63, 3.8) is 0 Å². The van der Waals surface area contributed by atoms with Gasteiger partial charge in [-0.15, -0.1) is 0 Å². The maximum absolute atomic E-state index is 13.1. The zero-order chi connectivity index (χ0) is 30.5. The maximum atomic E-state index is 13.1. The molecule has 0 aliphatic rings. The number of nitrogens with zero attached hydrogens (tertiary/aromatic N) is 1. The minimum absolute atomic E-state index is 0.125. The van der Waals surface area contributed by atoms with E-state index in [-0.39, 0.29) is 18.7 Å². The fraction of sp³-hybridized carbons (Fsp3) is 0.300. The lowest BCUT2D eigenvalue weighted by Crippen LogP contribution is -2.47. The van der Waals surface area contributed by atoms with Crippen molar-refractivity contribution in [2.75, 3.05) is 11.9 Å². The molecule has 0 radical (unpaired) electrons. The van der Waals surface area contributed by atoms with E-state index in [1.165, 1.54) is 0 Å². The van der Waals surface area contributed by atoms with E-state index >= 15 is 0 Å². The number of benzene rings is 2. The number of hydrogen-bond donors (Lipinski definition) is 3. The van der Waals surface area contributed by atoms with Crippen molar-refractivity contribution in [2.24, 2.45) is 0 Å². The van der Waals surface area contributed by atoms with E-state index in [0.717, 1.165) is 11.1 Å². The Morgan fingerprint density at radius 2 is 1.55 bits per heavy atom. The van der Waals surface area contributed by atoms with Crippen LogP contribution in [-0.4, -0.2) is 47.5 Å². The van der Waals surface area contributed by atoms with Crippen LogP contribution in [0.5, 0.6) is 0 Å². The van der Waals surface area contributed by atoms with Crippen LogP contribution in [0.25, 0.3) is 11.1 Å². The summed E-state index contributed by atoms with van der Waals surface area (Å²) in [4.78, 5) is 53.2. The molecule has 1 aromatic heterocycles. The molecule has 0 bridgehead atoms. The molecule has 42 heavy (non-hydrogen) atoms. The van der Waals surface area contributed by atoms with Gasteiger partial charge in [0.25, 0.3) is 0 Å². The third kappa shape index (κ3) is 10.0. The Hall–Kier alpha value is -4.74. The molecule has 3 rings (SSSR count). The van der Waals surface area contributed by atoms with Crippen LogP contribution < -0.4 is 16.0 Å². The molecule has 0 aliphatic carbocycles. The molecular formula is C30H31F3N4O5. The van der Waals surface area contributed by atoms with E-state index in [0.29, 0.717) is 24.3 Å². The summed E-state index contributed by atoms with van der Waals surface area (Å²) in [5, 5.41) is 8.34. The number of aromatic nitrogens is 1. The van der Waals surface area contributed by atoms with Crippen LogP contribution in [0.1, 0.15) is 44.2 Å². The summed E-state index contributed by atoms with van der Waals surface area (Å²) in [5.74, 6) is -4.47. The molecule has 0 saturated carbocycles. The highest BCUT2D eigenvalue weighted by Crippen LogP contribution is 2.25. The largest absolute Gasteiger partial charge is 0.491 e. The summed E-state index contributed by atoms with van der Waals surface area (Å²) >= 11 is 0. The summed E-state index contributed by atoms with van der Waals surface area (Å²) in [6.07, 6.45) is -3.66. The smallest absolute Gasteiger partial charge is 0.386 e. The van der Waals surface area contributed by atoms with Gasteiger partial charge in [0.2, 0.25) is 11.8 Å². The fourth-order valence-corrected chi connectivity index (χ4v) is 3.98. The van der Waals surface area contributed by atoms with Gasteiger partial charge in [0.1, 0.15) is 11.9 Å². The Balaban J connectivity index is 1.65. The molecule has 0 aliphatic heterocycles. The number of carbonyl (C=O) groups excluding carboxylic acids is 4. The van der Waals surface area contributed by atoms with Crippen LogP contribution in [0.2, 0.25) is 0 Å². The quantitative estimate of drug-likeness (QED) is 0.151. The van der Waals surface area contributed by atoms with Crippen molar-refractivity contribution >= 4 is 29.6 Å². The van der Waals surface area contributed by atoms with Gasteiger partial charge in [-0.1, -0.05) is 67.6 Å². The van der Waals surface area contributed by atoms with Crippen molar-refractivity contribution in [2.45, 2.75) is 50.9 Å². The molecule has 3 N–H and O–H groups in total. The SMILES string of the molecule is CC[C@H](NC(=O)CCCNc1ccccn1)C(=O)NC(CC(=O)OC(=O)C(F)(F)F)c1ccc(-c2ccccc2)cc1. The normalized spacial score (nSPS) is 12.5. The van der Waals surface area contributed by atoms with Gasteiger partial charge in [0, 0.05) is 19.2 Å². The third-order valence-electron chi connectivity index (χ3n) is 6.16. The van der Waals surface area contributed by atoms with Gasteiger partial charge in [-0.05, 0) is 41.7 Å². The Labute approximate surface area is 240 Å².